The van der Waals surface area contributed by atoms with Gasteiger partial charge in [-0.05, 0) is 32.3 Å². The molecule has 0 spiro atoms. The molecule has 10 N–H and O–H groups in total. The van der Waals surface area contributed by atoms with Crippen molar-refractivity contribution < 1.29 is 39.3 Å². The summed E-state index contributed by atoms with van der Waals surface area (Å²) in [6.07, 6.45) is -1.40. The van der Waals surface area contributed by atoms with E-state index in [2.05, 4.69) is 16.0 Å². The van der Waals surface area contributed by atoms with Crippen molar-refractivity contribution in [3.63, 3.8) is 0 Å². The predicted molar refractivity (Wildman–Crippen MR) is 112 cm³/mol. The molecule has 0 radical (unpaired) electrons. The molecular weight excluding hydrogens is 434 g/mol. The summed E-state index contributed by atoms with van der Waals surface area (Å²) in [6.45, 7) is 2.40. The number of carbonyl (C=O) groups excluding carboxylic acids is 4. The van der Waals surface area contributed by atoms with Crippen LogP contribution in [0.25, 0.3) is 0 Å². The fourth-order valence-corrected chi connectivity index (χ4v) is 2.85. The van der Waals surface area contributed by atoms with E-state index in [0.29, 0.717) is 5.75 Å². The molecule has 0 bridgehead atoms. The van der Waals surface area contributed by atoms with E-state index in [0.717, 1.165) is 0 Å². The summed E-state index contributed by atoms with van der Waals surface area (Å²) in [4.78, 5) is 59.3. The second-order valence-corrected chi connectivity index (χ2v) is 7.90. The third-order valence-electron chi connectivity index (χ3n) is 4.11. The molecule has 4 amide bonds. The van der Waals surface area contributed by atoms with E-state index >= 15 is 0 Å². The first kappa shape index (κ1) is 28.6. The average Bonchev–Trinajstić information content (AvgIpc) is 2.65. The van der Waals surface area contributed by atoms with Gasteiger partial charge < -0.3 is 42.7 Å². The maximum absolute atomic E-state index is 12.6. The van der Waals surface area contributed by atoms with Crippen LogP contribution in [0.4, 0.5) is 0 Å². The number of carboxylic acids is 1. The fourth-order valence-electron chi connectivity index (χ4n) is 2.38. The van der Waals surface area contributed by atoms with Crippen LogP contribution in [0.2, 0.25) is 0 Å². The molecule has 0 fully saturated rings. The smallest absolute Gasteiger partial charge is 0.328 e. The highest BCUT2D eigenvalue weighted by Gasteiger charge is 2.33. The molecule has 0 aromatic carbocycles. The van der Waals surface area contributed by atoms with Gasteiger partial charge in [-0.1, -0.05) is 0 Å². The van der Waals surface area contributed by atoms with E-state index in [-0.39, 0.29) is 6.42 Å². The Morgan fingerprint density at radius 2 is 1.42 bits per heavy atom. The van der Waals surface area contributed by atoms with Crippen LogP contribution >= 0.6 is 11.8 Å². The number of carboxylic acid groups (broad SMARTS) is 1. The zero-order valence-electron chi connectivity index (χ0n) is 17.5. The maximum Gasteiger partial charge on any atom is 0.328 e. The van der Waals surface area contributed by atoms with Gasteiger partial charge in [0.1, 0.15) is 12.1 Å². The first-order valence-corrected chi connectivity index (χ1v) is 10.7. The molecule has 0 heterocycles. The van der Waals surface area contributed by atoms with Crippen LogP contribution in [0.5, 0.6) is 0 Å². The van der Waals surface area contributed by atoms with Crippen LogP contribution in [0.15, 0.2) is 0 Å². The SMILES string of the molecule is CSCCC(NC(=O)C(NC(=O)C(N)CC(N)=O)C(C)O)C(=O)NC(C(=O)O)C(C)O. The molecule has 0 saturated carbocycles. The monoisotopic (exact) mass is 465 g/mol. The van der Waals surface area contributed by atoms with Gasteiger partial charge in [-0.2, -0.15) is 11.8 Å². The zero-order valence-corrected chi connectivity index (χ0v) is 18.3. The number of primary amides is 1. The Hall–Kier alpha value is -2.42. The molecule has 0 rings (SSSR count). The lowest BCUT2D eigenvalue weighted by Crippen LogP contribution is -2.60. The number of hydrogen-bond donors (Lipinski definition) is 8. The molecule has 0 saturated heterocycles. The van der Waals surface area contributed by atoms with Gasteiger partial charge in [0.05, 0.1) is 24.7 Å². The zero-order chi connectivity index (χ0) is 24.3. The van der Waals surface area contributed by atoms with Crippen LogP contribution in [0.1, 0.15) is 26.7 Å². The Balaban J connectivity index is 5.38. The lowest BCUT2D eigenvalue weighted by atomic mass is 10.1. The van der Waals surface area contributed by atoms with Crippen molar-refractivity contribution in [2.45, 2.75) is 63.1 Å². The van der Waals surface area contributed by atoms with Crippen LogP contribution in [0, 0.1) is 0 Å². The Morgan fingerprint density at radius 1 is 0.903 bits per heavy atom. The van der Waals surface area contributed by atoms with Crippen molar-refractivity contribution in [1.29, 1.82) is 0 Å². The van der Waals surface area contributed by atoms with Gasteiger partial charge in [0, 0.05) is 0 Å². The van der Waals surface area contributed by atoms with Gasteiger partial charge in [0.2, 0.25) is 23.6 Å². The largest absolute Gasteiger partial charge is 0.480 e. The quantitative estimate of drug-likeness (QED) is 0.125. The maximum atomic E-state index is 12.6. The number of carbonyl (C=O) groups is 5. The number of amides is 4. The van der Waals surface area contributed by atoms with E-state index in [1.807, 2.05) is 0 Å². The number of nitrogens with two attached hydrogens (primary N) is 2. The van der Waals surface area contributed by atoms with Crippen molar-refractivity contribution in [3.8, 4) is 0 Å². The summed E-state index contributed by atoms with van der Waals surface area (Å²) in [6, 6.07) is -5.66. The number of nitrogens with one attached hydrogen (secondary N) is 3. The minimum Gasteiger partial charge on any atom is -0.480 e. The Bertz CT molecular complexity index is 660. The summed E-state index contributed by atoms with van der Waals surface area (Å²) in [5.74, 6) is -4.59. The number of aliphatic hydroxyl groups is 2. The van der Waals surface area contributed by atoms with Gasteiger partial charge in [-0.25, -0.2) is 4.79 Å². The van der Waals surface area contributed by atoms with Gasteiger partial charge in [0.25, 0.3) is 0 Å². The molecule has 178 valence electrons. The van der Waals surface area contributed by atoms with Gasteiger partial charge in [-0.3, -0.25) is 19.2 Å². The molecule has 0 aliphatic rings. The van der Waals surface area contributed by atoms with E-state index in [9.17, 15) is 34.2 Å². The standard InChI is InChI=1S/C17H31N5O8S/c1-7(23)12(21-14(26)9(18)6-11(19)25)16(28)20-10(4-5-31-3)15(27)22-13(8(2)24)17(29)30/h7-10,12-13,23-24H,4-6,18H2,1-3H3,(H2,19,25)(H,20,28)(H,21,26)(H,22,27)(H,29,30). The highest BCUT2D eigenvalue weighted by molar-refractivity contribution is 7.98. The van der Waals surface area contributed by atoms with Crippen LogP contribution in [0.3, 0.4) is 0 Å². The second kappa shape index (κ2) is 13.8. The summed E-state index contributed by atoms with van der Waals surface area (Å²) < 4.78 is 0. The van der Waals surface area contributed by atoms with Crippen LogP contribution in [-0.4, -0.2) is 93.3 Å². The Labute approximate surface area is 183 Å². The van der Waals surface area contributed by atoms with Crippen molar-refractivity contribution in [3.05, 3.63) is 0 Å². The molecular formula is C17H31N5O8S. The summed E-state index contributed by atoms with van der Waals surface area (Å²) in [7, 11) is 0. The first-order chi connectivity index (χ1) is 14.3. The van der Waals surface area contributed by atoms with E-state index < -0.39 is 72.4 Å². The van der Waals surface area contributed by atoms with Crippen molar-refractivity contribution in [2.24, 2.45) is 11.5 Å². The summed E-state index contributed by atoms with van der Waals surface area (Å²) in [5.41, 5.74) is 10.5. The van der Waals surface area contributed by atoms with E-state index in [4.69, 9.17) is 16.6 Å². The number of thioether (sulfide) groups is 1. The molecule has 31 heavy (non-hydrogen) atoms. The molecule has 14 heteroatoms. The fraction of sp³-hybridized carbons (Fsp3) is 0.706. The molecule has 6 unspecified atom stereocenters. The number of rotatable bonds is 14. The topological polar surface area (TPSA) is 234 Å². The van der Waals surface area contributed by atoms with Crippen LogP contribution < -0.4 is 27.4 Å². The molecule has 0 aliphatic carbocycles. The third-order valence-corrected chi connectivity index (χ3v) is 4.75. The van der Waals surface area contributed by atoms with Gasteiger partial charge in [-0.15, -0.1) is 0 Å². The third kappa shape index (κ3) is 10.4. The number of aliphatic hydroxyl groups excluding tert-OH is 2. The summed E-state index contributed by atoms with van der Waals surface area (Å²) in [5, 5.41) is 35.2. The first-order valence-electron chi connectivity index (χ1n) is 9.34. The second-order valence-electron chi connectivity index (χ2n) is 6.91. The normalized spacial score (nSPS) is 16.7. The molecule has 0 aliphatic heterocycles. The minimum absolute atomic E-state index is 0.104. The lowest BCUT2D eigenvalue weighted by Gasteiger charge is -2.26. The highest BCUT2D eigenvalue weighted by Crippen LogP contribution is 2.05. The lowest BCUT2D eigenvalue weighted by molar-refractivity contribution is -0.145. The minimum atomic E-state index is -1.60. The Kier molecular flexibility index (Phi) is 12.7. The van der Waals surface area contributed by atoms with Gasteiger partial charge >= 0.3 is 5.97 Å². The van der Waals surface area contributed by atoms with Crippen molar-refractivity contribution >= 4 is 41.4 Å². The predicted octanol–water partition coefficient (Wildman–Crippen LogP) is -3.76. The number of aliphatic carboxylic acids is 1. The Morgan fingerprint density at radius 3 is 1.84 bits per heavy atom. The van der Waals surface area contributed by atoms with Crippen molar-refractivity contribution in [1.82, 2.24) is 16.0 Å². The molecule has 0 aromatic rings. The average molecular weight is 466 g/mol. The molecule has 0 aromatic heterocycles. The van der Waals surface area contributed by atoms with Crippen molar-refractivity contribution in [2.75, 3.05) is 12.0 Å². The van der Waals surface area contributed by atoms with E-state index in [1.54, 1.807) is 6.26 Å². The van der Waals surface area contributed by atoms with Crippen LogP contribution in [-0.2, 0) is 24.0 Å². The number of hydrogen-bond acceptors (Lipinski definition) is 9. The van der Waals surface area contributed by atoms with Gasteiger partial charge in [0.15, 0.2) is 6.04 Å². The highest BCUT2D eigenvalue weighted by atomic mass is 32.2. The molecule has 13 nitrogen and oxygen atoms in total. The summed E-state index contributed by atoms with van der Waals surface area (Å²) >= 11 is 1.36. The molecule has 6 atom stereocenters. The van der Waals surface area contributed by atoms with E-state index in [1.165, 1.54) is 25.6 Å².